The van der Waals surface area contributed by atoms with Gasteiger partial charge in [-0.1, -0.05) is 5.21 Å². The molecule has 3 rings (SSSR count). The van der Waals surface area contributed by atoms with Crippen molar-refractivity contribution in [3.8, 4) is 0 Å². The largest absolute Gasteiger partial charge is 0.393 e. The van der Waals surface area contributed by atoms with Crippen LogP contribution in [0.4, 0.5) is 0 Å². The molecule has 0 aromatic carbocycles. The smallest absolute Gasteiger partial charge is 0.273 e. The third-order valence-electron chi connectivity index (χ3n) is 4.24. The molecule has 1 saturated carbocycles. The lowest BCUT2D eigenvalue weighted by molar-refractivity contribution is 0.0906. The van der Waals surface area contributed by atoms with Crippen LogP contribution in [0, 0.1) is 5.92 Å². The van der Waals surface area contributed by atoms with Crippen LogP contribution < -0.4 is 10.6 Å². The molecule has 1 aromatic rings. The van der Waals surface area contributed by atoms with Crippen LogP contribution in [-0.4, -0.2) is 51.7 Å². The number of amides is 1. The predicted molar refractivity (Wildman–Crippen MR) is 72.2 cm³/mol. The Morgan fingerprint density at radius 1 is 1.40 bits per heavy atom. The van der Waals surface area contributed by atoms with Crippen molar-refractivity contribution in [3.05, 3.63) is 11.9 Å². The first-order valence-corrected chi connectivity index (χ1v) is 7.31. The molecule has 0 atom stereocenters. The Morgan fingerprint density at radius 2 is 2.15 bits per heavy atom. The number of aliphatic hydroxyl groups excluding tert-OH is 1. The zero-order chi connectivity index (χ0) is 13.9. The third-order valence-corrected chi connectivity index (χ3v) is 4.24. The van der Waals surface area contributed by atoms with Gasteiger partial charge in [-0.2, -0.15) is 0 Å². The molecule has 1 amide bonds. The summed E-state index contributed by atoms with van der Waals surface area (Å²) in [6.07, 6.45) is 5.18. The summed E-state index contributed by atoms with van der Waals surface area (Å²) >= 11 is 0. The highest BCUT2D eigenvalue weighted by atomic mass is 16.3. The molecule has 3 N–H and O–H groups in total. The highest BCUT2D eigenvalue weighted by molar-refractivity contribution is 5.91. The van der Waals surface area contributed by atoms with Crippen molar-refractivity contribution in [1.29, 1.82) is 0 Å². The second-order valence-electron chi connectivity index (χ2n) is 5.78. The minimum atomic E-state index is -0.158. The average molecular weight is 279 g/mol. The van der Waals surface area contributed by atoms with Gasteiger partial charge in [-0.15, -0.1) is 5.10 Å². The van der Waals surface area contributed by atoms with E-state index in [0.29, 0.717) is 24.2 Å². The van der Waals surface area contributed by atoms with Crippen molar-refractivity contribution in [1.82, 2.24) is 25.6 Å². The number of carbonyl (C=O) groups is 1. The summed E-state index contributed by atoms with van der Waals surface area (Å²) in [7, 11) is 0. The van der Waals surface area contributed by atoms with Gasteiger partial charge in [-0.3, -0.25) is 4.79 Å². The fourth-order valence-corrected chi connectivity index (χ4v) is 2.70. The van der Waals surface area contributed by atoms with Crippen LogP contribution in [0.25, 0.3) is 0 Å². The van der Waals surface area contributed by atoms with E-state index >= 15 is 0 Å². The lowest BCUT2D eigenvalue weighted by Gasteiger charge is -2.26. The molecule has 110 valence electrons. The molecular weight excluding hydrogens is 258 g/mol. The van der Waals surface area contributed by atoms with Crippen LogP contribution in [0.5, 0.6) is 0 Å². The summed E-state index contributed by atoms with van der Waals surface area (Å²) in [5.41, 5.74) is 0.382. The summed E-state index contributed by atoms with van der Waals surface area (Å²) in [4.78, 5) is 12.0. The Morgan fingerprint density at radius 3 is 2.80 bits per heavy atom. The summed E-state index contributed by atoms with van der Waals surface area (Å²) in [5.74, 6) is 0.308. The van der Waals surface area contributed by atoms with Gasteiger partial charge in [-0.05, 0) is 31.6 Å². The van der Waals surface area contributed by atoms with Gasteiger partial charge in [0.05, 0.1) is 18.3 Å². The maximum absolute atomic E-state index is 12.0. The number of hydrogen-bond donors (Lipinski definition) is 3. The fourth-order valence-electron chi connectivity index (χ4n) is 2.70. The molecule has 2 aliphatic rings. The van der Waals surface area contributed by atoms with E-state index < -0.39 is 0 Å². The third kappa shape index (κ3) is 2.99. The van der Waals surface area contributed by atoms with Crippen molar-refractivity contribution in [2.24, 2.45) is 5.92 Å². The van der Waals surface area contributed by atoms with Gasteiger partial charge in [0.25, 0.3) is 5.91 Å². The minimum Gasteiger partial charge on any atom is -0.393 e. The number of nitrogens with zero attached hydrogens (tertiary/aromatic N) is 3. The summed E-state index contributed by atoms with van der Waals surface area (Å²) in [6.45, 7) is 2.42. The van der Waals surface area contributed by atoms with Crippen LogP contribution in [0.3, 0.4) is 0 Å². The van der Waals surface area contributed by atoms with Gasteiger partial charge in [0, 0.05) is 19.6 Å². The van der Waals surface area contributed by atoms with Crippen LogP contribution in [0.1, 0.15) is 42.2 Å². The number of carbonyl (C=O) groups excluding carboxylic acids is 1. The molecule has 1 aliphatic heterocycles. The summed E-state index contributed by atoms with van der Waals surface area (Å²) in [6, 6.07) is 0.323. The summed E-state index contributed by atoms with van der Waals surface area (Å²) in [5, 5.41) is 23.5. The number of aromatic nitrogens is 3. The predicted octanol–water partition coefficient (Wildman–Crippen LogP) is -0.297. The average Bonchev–Trinajstić information content (AvgIpc) is 2.85. The minimum absolute atomic E-state index is 0.155. The van der Waals surface area contributed by atoms with Crippen LogP contribution in [0.15, 0.2) is 6.20 Å². The molecule has 7 heteroatoms. The molecule has 1 saturated heterocycles. The van der Waals surface area contributed by atoms with E-state index in [0.717, 1.165) is 38.8 Å². The Kier molecular flexibility index (Phi) is 3.98. The molecule has 2 heterocycles. The Labute approximate surface area is 117 Å². The first-order chi connectivity index (χ1) is 9.72. The van der Waals surface area contributed by atoms with Gasteiger partial charge in [0.2, 0.25) is 0 Å². The normalized spacial score (nSPS) is 27.1. The maximum Gasteiger partial charge on any atom is 0.273 e. The first-order valence-electron chi connectivity index (χ1n) is 7.31. The van der Waals surface area contributed by atoms with E-state index in [4.69, 9.17) is 0 Å². The molecule has 20 heavy (non-hydrogen) atoms. The molecule has 7 nitrogen and oxygen atoms in total. The highest BCUT2D eigenvalue weighted by Gasteiger charge is 2.23. The Hall–Kier alpha value is -1.47. The molecule has 2 fully saturated rings. The van der Waals surface area contributed by atoms with Crippen LogP contribution in [0.2, 0.25) is 0 Å². The standard InChI is InChI=1S/C13H21N5O2/c19-11-3-1-9(2-4-11)5-15-13(20)12-8-18(17-16-12)10-6-14-7-10/h8-11,14,19H,1-7H2,(H,15,20). The van der Waals surface area contributed by atoms with E-state index in [2.05, 4.69) is 20.9 Å². The molecular formula is C13H21N5O2. The molecule has 0 bridgehead atoms. The zero-order valence-corrected chi connectivity index (χ0v) is 11.5. The number of rotatable bonds is 4. The zero-order valence-electron chi connectivity index (χ0n) is 11.5. The molecule has 1 aliphatic carbocycles. The van der Waals surface area contributed by atoms with Crippen LogP contribution >= 0.6 is 0 Å². The van der Waals surface area contributed by atoms with E-state index in [1.165, 1.54) is 0 Å². The first kappa shape index (κ1) is 13.5. The Bertz CT molecular complexity index is 463. The van der Waals surface area contributed by atoms with Crippen molar-refractivity contribution in [3.63, 3.8) is 0 Å². The van der Waals surface area contributed by atoms with E-state index in [-0.39, 0.29) is 12.0 Å². The van der Waals surface area contributed by atoms with E-state index in [1.807, 2.05) is 0 Å². The van der Waals surface area contributed by atoms with Gasteiger partial charge in [-0.25, -0.2) is 4.68 Å². The van der Waals surface area contributed by atoms with Crippen molar-refractivity contribution < 1.29 is 9.90 Å². The lowest BCUT2D eigenvalue weighted by Crippen LogP contribution is -2.43. The van der Waals surface area contributed by atoms with Gasteiger partial charge < -0.3 is 15.7 Å². The van der Waals surface area contributed by atoms with Crippen LogP contribution in [-0.2, 0) is 0 Å². The van der Waals surface area contributed by atoms with Crippen molar-refractivity contribution in [2.75, 3.05) is 19.6 Å². The second-order valence-corrected chi connectivity index (χ2v) is 5.78. The molecule has 1 aromatic heterocycles. The summed E-state index contributed by atoms with van der Waals surface area (Å²) < 4.78 is 1.75. The quantitative estimate of drug-likeness (QED) is 0.704. The van der Waals surface area contributed by atoms with Crippen molar-refractivity contribution in [2.45, 2.75) is 37.8 Å². The molecule has 0 radical (unpaired) electrons. The number of nitrogens with one attached hydrogen (secondary N) is 2. The van der Waals surface area contributed by atoms with E-state index in [1.54, 1.807) is 10.9 Å². The van der Waals surface area contributed by atoms with Gasteiger partial charge in [0.1, 0.15) is 0 Å². The Balaban J connectivity index is 1.47. The number of aliphatic hydroxyl groups is 1. The van der Waals surface area contributed by atoms with Crippen molar-refractivity contribution >= 4 is 5.91 Å². The maximum atomic E-state index is 12.0. The molecule has 0 spiro atoms. The highest BCUT2D eigenvalue weighted by Crippen LogP contribution is 2.23. The molecule has 0 unspecified atom stereocenters. The van der Waals surface area contributed by atoms with Gasteiger partial charge in [0.15, 0.2) is 5.69 Å². The number of hydrogen-bond acceptors (Lipinski definition) is 5. The van der Waals surface area contributed by atoms with E-state index in [9.17, 15) is 9.90 Å². The second kappa shape index (κ2) is 5.88. The van der Waals surface area contributed by atoms with Gasteiger partial charge >= 0.3 is 0 Å². The lowest BCUT2D eigenvalue weighted by atomic mass is 9.87. The topological polar surface area (TPSA) is 92.1 Å². The fraction of sp³-hybridized carbons (Fsp3) is 0.769. The monoisotopic (exact) mass is 279 g/mol. The SMILES string of the molecule is O=C(NCC1CCC(O)CC1)c1cn(C2CNC2)nn1.